The average molecular weight is 466 g/mol. The molecule has 4 heteroatoms. The molecule has 162 valence electrons. The van der Waals surface area contributed by atoms with Gasteiger partial charge in [0.25, 0.3) is 5.65 Å². The molecule has 5 aromatic rings. The summed E-state index contributed by atoms with van der Waals surface area (Å²) in [6.07, 6.45) is 6.57. The number of hydrogen-bond acceptors (Lipinski definition) is 1. The Morgan fingerprint density at radius 1 is 0.758 bits per heavy atom. The lowest BCUT2D eigenvalue weighted by atomic mass is 10.2. The second-order valence-electron chi connectivity index (χ2n) is 8.04. The summed E-state index contributed by atoms with van der Waals surface area (Å²) in [6, 6.07) is 35.8. The van der Waals surface area contributed by atoms with E-state index in [1.807, 2.05) is 6.07 Å². The maximum absolute atomic E-state index is 6.68. The molecule has 0 aliphatic carbocycles. The Kier molecular flexibility index (Phi) is 6.09. The number of nitrogens with zero attached hydrogens (tertiary/aromatic N) is 2. The molecule has 2 aromatic heterocycles. The number of rotatable bonds is 6. The third-order valence-corrected chi connectivity index (χ3v) is 11.0. The minimum absolute atomic E-state index is 0.785. The first-order chi connectivity index (χ1) is 16.2. The van der Waals surface area contributed by atoms with Crippen molar-refractivity contribution in [3.63, 3.8) is 0 Å². The first-order valence-corrected chi connectivity index (χ1v) is 13.9. The zero-order valence-corrected chi connectivity index (χ0v) is 20.3. The lowest BCUT2D eigenvalue weighted by Gasteiger charge is -2.21. The molecule has 0 amide bonds. The Hall–Kier alpha value is -3.26. The van der Waals surface area contributed by atoms with Crippen molar-refractivity contribution in [1.82, 2.24) is 4.57 Å². The van der Waals surface area contributed by atoms with Crippen LogP contribution in [0.2, 0.25) is 0 Å². The second kappa shape index (κ2) is 9.31. The Morgan fingerprint density at radius 2 is 1.30 bits per heavy atom. The van der Waals surface area contributed by atoms with Gasteiger partial charge in [0.15, 0.2) is 5.44 Å². The summed E-state index contributed by atoms with van der Waals surface area (Å²) < 4.78 is 4.69. The van der Waals surface area contributed by atoms with Crippen LogP contribution in [0.1, 0.15) is 11.3 Å². The molecule has 0 fully saturated rings. The van der Waals surface area contributed by atoms with Gasteiger partial charge in [0.2, 0.25) is 0 Å². The number of fused-ring (bicyclic) bond motifs is 1. The van der Waals surface area contributed by atoms with Crippen molar-refractivity contribution in [1.29, 1.82) is 0 Å². The lowest BCUT2D eigenvalue weighted by molar-refractivity contribution is -0.490. The van der Waals surface area contributed by atoms with E-state index in [1.165, 1.54) is 27.3 Å². The van der Waals surface area contributed by atoms with Crippen molar-refractivity contribution >= 4 is 45.6 Å². The van der Waals surface area contributed by atoms with Crippen LogP contribution >= 0.6 is 6.04 Å². The summed E-state index contributed by atoms with van der Waals surface area (Å²) in [7, 11) is 0. The topological polar surface area (TPSA) is 9.03 Å². The predicted molar refractivity (Wildman–Crippen MR) is 144 cm³/mol. The van der Waals surface area contributed by atoms with E-state index in [1.54, 1.807) is 0 Å². The van der Waals surface area contributed by atoms with Gasteiger partial charge in [-0.3, -0.25) is 0 Å². The summed E-state index contributed by atoms with van der Waals surface area (Å²) in [5.74, 6) is 0. The van der Waals surface area contributed by atoms with E-state index < -0.39 is 6.04 Å². The molecular weight excluding hydrogens is 439 g/mol. The molecule has 33 heavy (non-hydrogen) atoms. The van der Waals surface area contributed by atoms with E-state index in [4.69, 9.17) is 11.8 Å². The van der Waals surface area contributed by atoms with Crippen LogP contribution in [0.5, 0.6) is 0 Å². The van der Waals surface area contributed by atoms with Gasteiger partial charge >= 0.3 is 0 Å². The van der Waals surface area contributed by atoms with Gasteiger partial charge in [-0.25, -0.2) is 4.57 Å². The molecule has 0 N–H and O–H groups in total. The monoisotopic (exact) mass is 465 g/mol. The molecule has 5 rings (SSSR count). The number of pyridine rings is 1. The molecule has 0 aliphatic rings. The molecular formula is C29H26N2PS+. The van der Waals surface area contributed by atoms with E-state index in [9.17, 15) is 0 Å². The van der Waals surface area contributed by atoms with Crippen LogP contribution in [0, 0.1) is 6.92 Å². The highest BCUT2D eigenvalue weighted by Gasteiger charge is 2.36. The first-order valence-electron chi connectivity index (χ1n) is 11.1. The fourth-order valence-corrected chi connectivity index (χ4v) is 8.85. The number of imidazole rings is 1. The van der Waals surface area contributed by atoms with Crippen LogP contribution < -0.4 is 20.4 Å². The van der Waals surface area contributed by atoms with E-state index >= 15 is 0 Å². The fourth-order valence-electron chi connectivity index (χ4n) is 4.44. The molecule has 0 saturated heterocycles. The van der Waals surface area contributed by atoms with Crippen molar-refractivity contribution in [3.8, 4) is 0 Å². The van der Waals surface area contributed by atoms with Crippen molar-refractivity contribution in [2.75, 3.05) is 0 Å². The van der Waals surface area contributed by atoms with Crippen LogP contribution in [0.15, 0.2) is 121 Å². The Bertz CT molecular complexity index is 1410. The molecule has 3 aromatic carbocycles. The minimum Gasteiger partial charge on any atom is -0.223 e. The number of allylic oxidation sites excluding steroid dienone is 1. The fraction of sp³-hybridized carbons (Fsp3) is 0.0690. The highest BCUT2D eigenvalue weighted by Crippen LogP contribution is 2.42. The Morgan fingerprint density at radius 3 is 1.91 bits per heavy atom. The molecule has 2 heterocycles. The minimum atomic E-state index is -2.28. The number of aromatic nitrogens is 2. The van der Waals surface area contributed by atoms with Crippen LogP contribution in [-0.4, -0.2) is 4.57 Å². The van der Waals surface area contributed by atoms with Gasteiger partial charge < -0.3 is 0 Å². The first kappa shape index (κ1) is 21.6. The van der Waals surface area contributed by atoms with E-state index in [-0.39, 0.29) is 0 Å². The maximum atomic E-state index is 6.68. The highest BCUT2D eigenvalue weighted by molar-refractivity contribution is 8.25. The van der Waals surface area contributed by atoms with Crippen LogP contribution in [-0.2, 0) is 18.4 Å². The Labute approximate surface area is 200 Å². The van der Waals surface area contributed by atoms with Gasteiger partial charge in [-0.05, 0) is 28.3 Å². The summed E-state index contributed by atoms with van der Waals surface area (Å²) in [5, 5.41) is 2.43. The third-order valence-electron chi connectivity index (χ3n) is 6.01. The number of hydrogen-bond donors (Lipinski definition) is 0. The SMILES string of the molecule is Cc1c(P(=S)(c2ccccc2)c2ccccc2)[n+]2ccccc2n1CC=Cc1ccccc1. The molecule has 2 nitrogen and oxygen atoms in total. The molecule has 0 unspecified atom stereocenters. The maximum Gasteiger partial charge on any atom is 0.287 e. The van der Waals surface area contributed by atoms with Crippen LogP contribution in [0.25, 0.3) is 11.7 Å². The Balaban J connectivity index is 1.71. The summed E-state index contributed by atoms with van der Waals surface area (Å²) in [6.45, 7) is 3.00. The third kappa shape index (κ3) is 3.99. The van der Waals surface area contributed by atoms with Gasteiger partial charge in [-0.1, -0.05) is 115 Å². The van der Waals surface area contributed by atoms with E-state index in [0.29, 0.717) is 0 Å². The summed E-state index contributed by atoms with van der Waals surface area (Å²) in [5.41, 5.74) is 4.80. The largest absolute Gasteiger partial charge is 0.287 e. The molecule has 0 aliphatic heterocycles. The zero-order valence-electron chi connectivity index (χ0n) is 18.6. The zero-order chi connectivity index (χ0) is 22.7. The molecule has 0 saturated carbocycles. The summed E-state index contributed by atoms with van der Waals surface area (Å²) >= 11 is 6.68. The normalized spacial score (nSPS) is 11.9. The molecule has 0 atom stereocenters. The quantitative estimate of drug-likeness (QED) is 0.253. The number of benzene rings is 3. The van der Waals surface area contributed by atoms with Gasteiger partial charge in [-0.2, -0.15) is 4.40 Å². The van der Waals surface area contributed by atoms with E-state index in [0.717, 1.165) is 12.2 Å². The molecule has 0 bridgehead atoms. The second-order valence-corrected chi connectivity index (χ2v) is 12.4. The van der Waals surface area contributed by atoms with Crippen LogP contribution in [0.4, 0.5) is 0 Å². The summed E-state index contributed by atoms with van der Waals surface area (Å²) in [4.78, 5) is 0. The van der Waals surface area contributed by atoms with Crippen molar-refractivity contribution in [2.24, 2.45) is 0 Å². The van der Waals surface area contributed by atoms with E-state index in [2.05, 4.69) is 137 Å². The highest BCUT2D eigenvalue weighted by atomic mass is 32.4. The molecule has 0 spiro atoms. The van der Waals surface area contributed by atoms with Crippen molar-refractivity contribution in [2.45, 2.75) is 13.5 Å². The smallest absolute Gasteiger partial charge is 0.223 e. The lowest BCUT2D eigenvalue weighted by Crippen LogP contribution is -2.42. The van der Waals surface area contributed by atoms with Crippen molar-refractivity contribution in [3.05, 3.63) is 133 Å². The standard InChI is InChI=1S/C29H26N2PS/c1-24-29(32(33,26-17-7-3-8-18-26)27-19-9-4-10-20-27)31-22-12-11-21-28(31)30(24)23-13-16-25-14-5-2-6-15-25/h2-22H,23H2,1H3/q+1. The van der Waals surface area contributed by atoms with Gasteiger partial charge in [0, 0.05) is 13.0 Å². The van der Waals surface area contributed by atoms with Crippen LogP contribution in [0.3, 0.4) is 0 Å². The van der Waals surface area contributed by atoms with Gasteiger partial charge in [0.1, 0.15) is 12.2 Å². The average Bonchev–Trinajstić information content (AvgIpc) is 3.17. The van der Waals surface area contributed by atoms with Crippen molar-refractivity contribution < 1.29 is 4.40 Å². The molecule has 0 radical (unpaired) electrons. The van der Waals surface area contributed by atoms with Gasteiger partial charge in [0.05, 0.1) is 12.2 Å². The predicted octanol–water partition coefficient (Wildman–Crippen LogP) is 5.00. The van der Waals surface area contributed by atoms with Gasteiger partial charge in [-0.15, -0.1) is 0 Å².